The average Bonchev–Trinajstić information content (AvgIpc) is 3.07. The van der Waals surface area contributed by atoms with Gasteiger partial charge in [0, 0.05) is 5.56 Å². The number of hydrogen-bond acceptors (Lipinski definition) is 4. The lowest BCUT2D eigenvalue weighted by Gasteiger charge is -2.12. The van der Waals surface area contributed by atoms with Gasteiger partial charge in [0.05, 0.1) is 11.0 Å². The van der Waals surface area contributed by atoms with Crippen molar-refractivity contribution in [3.8, 4) is 5.75 Å². The lowest BCUT2D eigenvalue weighted by atomic mass is 10.2. The van der Waals surface area contributed by atoms with Crippen LogP contribution in [0, 0.1) is 0 Å². The van der Waals surface area contributed by atoms with Gasteiger partial charge in [-0.05, 0) is 49.1 Å². The fourth-order valence-electron chi connectivity index (χ4n) is 1.66. The van der Waals surface area contributed by atoms with E-state index in [4.69, 9.17) is 4.74 Å². The smallest absolute Gasteiger partial charge is 0.279 e. The highest BCUT2D eigenvalue weighted by molar-refractivity contribution is 7.12. The van der Waals surface area contributed by atoms with E-state index in [-0.39, 0.29) is 17.9 Å². The molecule has 0 radical (unpaired) electrons. The molecule has 0 aliphatic heterocycles. The maximum Gasteiger partial charge on any atom is 0.279 e. The molecule has 1 heterocycles. The van der Waals surface area contributed by atoms with Gasteiger partial charge in [-0.25, -0.2) is 0 Å². The Labute approximate surface area is 133 Å². The third-order valence-electron chi connectivity index (χ3n) is 3.06. The largest absolute Gasteiger partial charge is 0.491 e. The summed E-state index contributed by atoms with van der Waals surface area (Å²) in [7, 11) is 0. The van der Waals surface area contributed by atoms with E-state index in [9.17, 15) is 9.59 Å². The number of benzene rings is 1. The summed E-state index contributed by atoms with van der Waals surface area (Å²) in [5, 5.41) is 1.80. The molecule has 0 fully saturated rings. The van der Waals surface area contributed by atoms with E-state index in [2.05, 4.69) is 10.9 Å². The maximum absolute atomic E-state index is 11.9. The Bertz CT molecular complexity index is 623. The third-order valence-corrected chi connectivity index (χ3v) is 3.93. The Morgan fingerprint density at radius 1 is 1.14 bits per heavy atom. The number of hydrazine groups is 1. The van der Waals surface area contributed by atoms with Crippen LogP contribution < -0.4 is 15.6 Å². The van der Waals surface area contributed by atoms with Crippen molar-refractivity contribution < 1.29 is 14.3 Å². The molecule has 0 saturated heterocycles. The van der Waals surface area contributed by atoms with Crippen LogP contribution in [0.2, 0.25) is 0 Å². The van der Waals surface area contributed by atoms with Gasteiger partial charge in [0.25, 0.3) is 11.8 Å². The van der Waals surface area contributed by atoms with Crippen molar-refractivity contribution in [1.29, 1.82) is 0 Å². The molecule has 1 unspecified atom stereocenters. The molecule has 1 aromatic carbocycles. The molecule has 1 aromatic heterocycles. The molecule has 0 saturated carbocycles. The van der Waals surface area contributed by atoms with Crippen molar-refractivity contribution in [3.05, 3.63) is 52.2 Å². The van der Waals surface area contributed by atoms with Gasteiger partial charge >= 0.3 is 0 Å². The number of nitrogens with one attached hydrogen (secondary N) is 2. The van der Waals surface area contributed by atoms with Crippen LogP contribution in [0.25, 0.3) is 0 Å². The Balaban J connectivity index is 1.88. The summed E-state index contributed by atoms with van der Waals surface area (Å²) in [6.45, 7) is 4.03. The zero-order valence-electron chi connectivity index (χ0n) is 12.5. The molecule has 0 bridgehead atoms. The first kappa shape index (κ1) is 16.0. The summed E-state index contributed by atoms with van der Waals surface area (Å²) in [5.74, 6) is 0.00795. The zero-order valence-corrected chi connectivity index (χ0v) is 13.3. The van der Waals surface area contributed by atoms with Crippen LogP contribution in [-0.4, -0.2) is 17.9 Å². The highest BCUT2D eigenvalue weighted by Gasteiger charge is 2.10. The van der Waals surface area contributed by atoms with Crippen molar-refractivity contribution in [1.82, 2.24) is 10.9 Å². The molecule has 0 spiro atoms. The minimum Gasteiger partial charge on any atom is -0.491 e. The third kappa shape index (κ3) is 4.33. The summed E-state index contributed by atoms with van der Waals surface area (Å²) in [5.41, 5.74) is 5.21. The van der Waals surface area contributed by atoms with Gasteiger partial charge < -0.3 is 4.74 Å². The second-order valence-corrected chi connectivity index (χ2v) is 5.69. The highest BCUT2D eigenvalue weighted by atomic mass is 32.1. The van der Waals surface area contributed by atoms with Crippen LogP contribution in [0.4, 0.5) is 0 Å². The second kappa shape index (κ2) is 7.61. The molecule has 116 valence electrons. The maximum atomic E-state index is 11.9. The van der Waals surface area contributed by atoms with Gasteiger partial charge in [-0.3, -0.25) is 20.4 Å². The average molecular weight is 318 g/mol. The number of thiophene rings is 1. The Kier molecular flexibility index (Phi) is 5.55. The van der Waals surface area contributed by atoms with Crippen LogP contribution in [0.5, 0.6) is 5.75 Å². The number of ether oxygens (including phenoxy) is 1. The molecule has 0 aliphatic rings. The van der Waals surface area contributed by atoms with E-state index in [1.165, 1.54) is 11.3 Å². The SMILES string of the molecule is CCC(C)Oc1ccc(C(=O)NNC(=O)c2cccs2)cc1. The summed E-state index contributed by atoms with van der Waals surface area (Å²) in [4.78, 5) is 24.2. The topological polar surface area (TPSA) is 67.4 Å². The molecule has 1 atom stereocenters. The molecule has 5 nitrogen and oxygen atoms in total. The van der Waals surface area contributed by atoms with Gasteiger partial charge in [-0.15, -0.1) is 11.3 Å². The van der Waals surface area contributed by atoms with E-state index < -0.39 is 0 Å². The standard InChI is InChI=1S/C16H18N2O3S/c1-3-11(2)21-13-8-6-12(7-9-13)15(19)17-18-16(20)14-5-4-10-22-14/h4-11H,3H2,1-2H3,(H,17,19)(H,18,20). The van der Waals surface area contributed by atoms with Gasteiger partial charge in [-0.1, -0.05) is 13.0 Å². The first-order valence-corrected chi connectivity index (χ1v) is 7.89. The molecular formula is C16H18N2O3S. The monoisotopic (exact) mass is 318 g/mol. The minimum absolute atomic E-state index is 0.129. The van der Waals surface area contributed by atoms with E-state index in [1.54, 1.807) is 41.8 Å². The van der Waals surface area contributed by atoms with Crippen molar-refractivity contribution in [2.24, 2.45) is 0 Å². The molecular weight excluding hydrogens is 300 g/mol. The van der Waals surface area contributed by atoms with Crippen LogP contribution in [-0.2, 0) is 0 Å². The molecule has 2 amide bonds. The molecule has 2 aromatic rings. The minimum atomic E-state index is -0.375. The predicted molar refractivity (Wildman–Crippen MR) is 86.1 cm³/mol. The molecule has 2 rings (SSSR count). The number of amides is 2. The summed E-state index contributed by atoms with van der Waals surface area (Å²) >= 11 is 1.31. The molecule has 2 N–H and O–H groups in total. The highest BCUT2D eigenvalue weighted by Crippen LogP contribution is 2.14. The normalized spacial score (nSPS) is 11.5. The fraction of sp³-hybridized carbons (Fsp3) is 0.250. The van der Waals surface area contributed by atoms with Crippen LogP contribution >= 0.6 is 11.3 Å². The summed E-state index contributed by atoms with van der Waals surface area (Å²) < 4.78 is 5.65. The summed E-state index contributed by atoms with van der Waals surface area (Å²) in [6.07, 6.45) is 1.04. The number of carbonyl (C=O) groups excluding carboxylic acids is 2. The Morgan fingerprint density at radius 2 is 1.82 bits per heavy atom. The van der Waals surface area contributed by atoms with E-state index in [0.717, 1.165) is 6.42 Å². The quantitative estimate of drug-likeness (QED) is 0.833. The molecule has 22 heavy (non-hydrogen) atoms. The van der Waals surface area contributed by atoms with Crippen LogP contribution in [0.3, 0.4) is 0 Å². The first-order chi connectivity index (χ1) is 10.6. The van der Waals surface area contributed by atoms with Gasteiger partial charge in [-0.2, -0.15) is 0 Å². The van der Waals surface area contributed by atoms with Crippen molar-refractivity contribution in [2.75, 3.05) is 0 Å². The zero-order chi connectivity index (χ0) is 15.9. The lowest BCUT2D eigenvalue weighted by molar-refractivity contribution is 0.0849. The van der Waals surface area contributed by atoms with E-state index in [0.29, 0.717) is 16.2 Å². The van der Waals surface area contributed by atoms with Crippen molar-refractivity contribution in [2.45, 2.75) is 26.4 Å². The summed E-state index contributed by atoms with van der Waals surface area (Å²) in [6, 6.07) is 10.3. The first-order valence-electron chi connectivity index (χ1n) is 7.01. The van der Waals surface area contributed by atoms with Gasteiger partial charge in [0.15, 0.2) is 0 Å². The molecule has 6 heteroatoms. The number of rotatable bonds is 5. The van der Waals surface area contributed by atoms with Crippen molar-refractivity contribution >= 4 is 23.2 Å². The Hall–Kier alpha value is -2.34. The van der Waals surface area contributed by atoms with Gasteiger partial charge in [0.2, 0.25) is 0 Å². The van der Waals surface area contributed by atoms with Crippen LogP contribution in [0.1, 0.15) is 40.3 Å². The van der Waals surface area contributed by atoms with Crippen LogP contribution in [0.15, 0.2) is 41.8 Å². The van der Waals surface area contributed by atoms with E-state index in [1.807, 2.05) is 13.8 Å². The number of hydrogen-bond donors (Lipinski definition) is 2. The number of carbonyl (C=O) groups is 2. The molecule has 0 aliphatic carbocycles. The predicted octanol–water partition coefficient (Wildman–Crippen LogP) is 3.00. The fourth-order valence-corrected chi connectivity index (χ4v) is 2.27. The van der Waals surface area contributed by atoms with Crippen molar-refractivity contribution in [3.63, 3.8) is 0 Å². The lowest BCUT2D eigenvalue weighted by Crippen LogP contribution is -2.41. The van der Waals surface area contributed by atoms with E-state index >= 15 is 0 Å². The second-order valence-electron chi connectivity index (χ2n) is 4.75. The Morgan fingerprint density at radius 3 is 2.41 bits per heavy atom. The van der Waals surface area contributed by atoms with Gasteiger partial charge in [0.1, 0.15) is 5.75 Å².